The predicted molar refractivity (Wildman–Crippen MR) is 6.41 cm³/mol. The summed E-state index contributed by atoms with van der Waals surface area (Å²) in [6.45, 7) is 0. The van der Waals surface area contributed by atoms with Crippen LogP contribution in [0.5, 0.6) is 0 Å². The van der Waals surface area contributed by atoms with Crippen LogP contribution in [0.3, 0.4) is 0 Å². The van der Waals surface area contributed by atoms with Crippen molar-refractivity contribution < 1.29 is 71.7 Å². The minimum absolute atomic E-state index is 0. The maximum Gasteiger partial charge on any atom is 0 e. The molecule has 4 heteroatoms. The molecule has 0 aromatic heterocycles. The molecule has 0 saturated heterocycles. The molecule has 0 aliphatic heterocycles. The summed E-state index contributed by atoms with van der Waals surface area (Å²) in [5.74, 6) is 0. The minimum Gasteiger partial charge on any atom is -0.358 e. The average Bonchev–Trinajstić information content (AvgIpc) is 0. The second-order valence-electron chi connectivity index (χ2n) is 0. The van der Waals surface area contributed by atoms with Crippen LogP contribution in [0.1, 0.15) is 0 Å². The Hall–Kier alpha value is 2.22. The Morgan fingerprint density at radius 2 is 1.00 bits per heavy atom. The maximum atomic E-state index is 0. The second-order valence-corrected chi connectivity index (χ2v) is 0. The molecule has 0 aromatic carbocycles. The largest absolute Gasteiger partial charge is 0.358 e. The zero-order valence-corrected chi connectivity index (χ0v) is 8.66. The van der Waals surface area contributed by atoms with Gasteiger partial charge in [0.25, 0.3) is 0 Å². The summed E-state index contributed by atoms with van der Waals surface area (Å²) in [4.78, 5) is 0. The summed E-state index contributed by atoms with van der Waals surface area (Å²) in [6.07, 6.45) is 0. The fraction of sp³-hybridized carbons (Fsp3) is 0. The topological polar surface area (TPSA) is 0 Å². The Balaban J connectivity index is 0. The van der Waals surface area contributed by atoms with E-state index in [0.717, 1.165) is 0 Å². The van der Waals surface area contributed by atoms with Crippen molar-refractivity contribution in [2.75, 3.05) is 0 Å². The van der Waals surface area contributed by atoms with E-state index in [2.05, 4.69) is 0 Å². The van der Waals surface area contributed by atoms with Crippen molar-refractivity contribution in [1.82, 2.24) is 0 Å². The van der Waals surface area contributed by atoms with Gasteiger partial charge in [-0.2, -0.15) is 0 Å². The van der Waals surface area contributed by atoms with E-state index in [4.69, 9.17) is 0 Å². The number of hydrogen-bond donors (Lipinski definition) is 0. The van der Waals surface area contributed by atoms with Gasteiger partial charge in [-0.15, -0.1) is 0 Å². The Morgan fingerprint density at radius 3 is 1.00 bits per heavy atom. The first-order valence-corrected chi connectivity index (χ1v) is 0. The molecule has 0 amide bonds. The molecule has 0 bridgehead atoms. The zero-order chi connectivity index (χ0) is 0. The van der Waals surface area contributed by atoms with E-state index < -0.39 is 0 Å². The zero-order valence-electron chi connectivity index (χ0n) is 2.46. The van der Waals surface area contributed by atoms with Crippen molar-refractivity contribution >= 4 is 0 Å². The third-order valence-corrected chi connectivity index (χ3v) is 0. The first kappa shape index (κ1) is 56.7. The third-order valence-electron chi connectivity index (χ3n) is 0. The van der Waals surface area contributed by atoms with Crippen LogP contribution < -0.4 is 0 Å². The van der Waals surface area contributed by atoms with Gasteiger partial charge in [-0.25, -0.2) is 0 Å². The van der Waals surface area contributed by atoms with Crippen LogP contribution in [-0.2, 0) is 71.7 Å². The molecule has 0 aromatic rings. The van der Waals surface area contributed by atoms with Gasteiger partial charge in [-0.1, -0.05) is 0 Å². The quantitative estimate of drug-likeness (QED) is 0.430. The van der Waals surface area contributed by atoms with Crippen LogP contribution >= 0.6 is 0 Å². The molecule has 1 radical (unpaired) electrons. The molecule has 0 aliphatic rings. The van der Waals surface area contributed by atoms with Gasteiger partial charge in [-0.3, -0.25) is 0 Å². The normalized spacial score (nSPS) is 0. The van der Waals surface area contributed by atoms with Gasteiger partial charge in [0, 0.05) is 71.7 Å². The van der Waals surface area contributed by atoms with E-state index in [0.29, 0.717) is 0 Å². The van der Waals surface area contributed by atoms with Gasteiger partial charge in [0.15, 0.2) is 0 Å². The van der Waals surface area contributed by atoms with Gasteiger partial charge in [0.1, 0.15) is 0 Å². The van der Waals surface area contributed by atoms with Crippen LogP contribution in [0.2, 0.25) is 0 Å². The first-order chi connectivity index (χ1) is 0. The minimum atomic E-state index is 0. The van der Waals surface area contributed by atoms with Gasteiger partial charge >= 0.3 is 0 Å². The Bertz CT molecular complexity index is 11.6. The van der Waals surface area contributed by atoms with Gasteiger partial charge < -0.3 is 7.43 Å². The average molecular weight is 368 g/mol. The molecule has 39 valence electrons. The summed E-state index contributed by atoms with van der Waals surface area (Å²) in [7, 11) is 0. The van der Waals surface area contributed by atoms with E-state index in [9.17, 15) is 0 Å². The molecular weight excluding hydrogens is 365 g/mol. The smallest absolute Gasteiger partial charge is 0 e. The monoisotopic (exact) mass is 368 g/mol. The fourth-order valence-corrected chi connectivity index (χ4v) is 0. The van der Waals surface area contributed by atoms with Crippen molar-refractivity contribution in [2.24, 2.45) is 0 Å². The molecule has 0 spiro atoms. The number of rotatable bonds is 0. The van der Waals surface area contributed by atoms with Gasteiger partial charge in [-0.05, 0) is 0 Å². The van der Waals surface area contributed by atoms with Crippen LogP contribution in [0.15, 0.2) is 0 Å². The first-order valence-electron chi connectivity index (χ1n) is 0. The number of hydrogen-bond acceptors (Lipinski definition) is 0. The molecule has 0 aliphatic carbocycles. The van der Waals surface area contributed by atoms with Crippen LogP contribution in [0.25, 0.3) is 0 Å². The van der Waals surface area contributed by atoms with Crippen molar-refractivity contribution in [3.63, 3.8) is 0 Å². The van der Waals surface area contributed by atoms with E-state index in [1.165, 1.54) is 0 Å². The van der Waals surface area contributed by atoms with E-state index in [1.54, 1.807) is 0 Å². The van der Waals surface area contributed by atoms with Crippen LogP contribution in [0.4, 0.5) is 0 Å². The molecule has 0 atom stereocenters. The summed E-state index contributed by atoms with van der Waals surface area (Å²) < 4.78 is 0. The Labute approximate surface area is 78.4 Å². The molecular formula is CH3FeMnNiW-. The molecule has 0 fully saturated rings. The standard InChI is InChI=1S/CH3.Fe.Mn.Ni.W/h1H3;;;;/q-1;;;;. The predicted octanol–water partition coefficient (Wildman–Crippen LogP) is 0.440. The van der Waals surface area contributed by atoms with Crippen molar-refractivity contribution in [2.45, 2.75) is 0 Å². The van der Waals surface area contributed by atoms with Gasteiger partial charge in [0.2, 0.25) is 0 Å². The second kappa shape index (κ2) is 34.4. The Morgan fingerprint density at radius 1 is 1.00 bits per heavy atom. The van der Waals surface area contributed by atoms with E-state index in [1.807, 2.05) is 0 Å². The van der Waals surface area contributed by atoms with Crippen LogP contribution in [0, 0.1) is 7.43 Å². The Kier molecular flexibility index (Phi) is 390. The van der Waals surface area contributed by atoms with Gasteiger partial charge in [0.05, 0.1) is 0 Å². The summed E-state index contributed by atoms with van der Waals surface area (Å²) in [5.41, 5.74) is 0. The summed E-state index contributed by atoms with van der Waals surface area (Å²) in [5, 5.41) is 0. The van der Waals surface area contributed by atoms with E-state index in [-0.39, 0.29) is 79.1 Å². The van der Waals surface area contributed by atoms with Crippen molar-refractivity contribution in [3.8, 4) is 0 Å². The summed E-state index contributed by atoms with van der Waals surface area (Å²) in [6, 6.07) is 0. The van der Waals surface area contributed by atoms with Crippen molar-refractivity contribution in [1.29, 1.82) is 0 Å². The third kappa shape index (κ3) is 22.5. The fourth-order valence-electron chi connectivity index (χ4n) is 0. The molecule has 0 nitrogen and oxygen atoms in total. The maximum absolute atomic E-state index is 0. The summed E-state index contributed by atoms with van der Waals surface area (Å²) >= 11 is 0. The van der Waals surface area contributed by atoms with Crippen LogP contribution in [-0.4, -0.2) is 0 Å². The molecule has 5 heavy (non-hydrogen) atoms. The molecule has 0 N–H and O–H groups in total. The molecule has 0 heterocycles. The molecule has 0 rings (SSSR count). The van der Waals surface area contributed by atoms with Crippen molar-refractivity contribution in [3.05, 3.63) is 7.43 Å². The van der Waals surface area contributed by atoms with E-state index >= 15 is 0 Å². The molecule has 0 unspecified atom stereocenters. The SMILES string of the molecule is [CH3-].[Fe].[Mn].[Ni].[W]. The molecule has 0 saturated carbocycles.